The van der Waals surface area contributed by atoms with E-state index in [2.05, 4.69) is 41.8 Å². The van der Waals surface area contributed by atoms with Gasteiger partial charge >= 0.3 is 0 Å². The summed E-state index contributed by atoms with van der Waals surface area (Å²) in [6.07, 6.45) is 7.87. The molecule has 40 heavy (non-hydrogen) atoms. The Balaban J connectivity index is 1.23. The highest BCUT2D eigenvalue weighted by atomic mass is 16.5. The molecular formula is C28H28N10O2. The third kappa shape index (κ3) is 4.75. The summed E-state index contributed by atoms with van der Waals surface area (Å²) in [5.74, 6) is 2.47. The van der Waals surface area contributed by atoms with E-state index in [1.54, 1.807) is 16.9 Å². The van der Waals surface area contributed by atoms with E-state index in [-0.39, 0.29) is 18.0 Å². The molecule has 1 saturated heterocycles. The van der Waals surface area contributed by atoms with Crippen LogP contribution in [-0.2, 0) is 4.79 Å². The molecule has 1 aromatic carbocycles. The molecule has 202 valence electrons. The minimum Gasteiger partial charge on any atom is -0.457 e. The number of benzene rings is 1. The second kappa shape index (κ2) is 10.2. The Morgan fingerprint density at radius 1 is 1.07 bits per heavy atom. The number of carbonyl (C=O) groups excluding carboxylic acids is 1. The van der Waals surface area contributed by atoms with Crippen molar-refractivity contribution >= 4 is 40.0 Å². The molecule has 5 heterocycles. The van der Waals surface area contributed by atoms with Crippen molar-refractivity contribution in [1.82, 2.24) is 39.4 Å². The van der Waals surface area contributed by atoms with E-state index in [1.165, 1.54) is 18.7 Å². The normalized spacial score (nSPS) is 17.3. The Morgan fingerprint density at radius 3 is 2.67 bits per heavy atom. The lowest BCUT2D eigenvalue weighted by atomic mass is 10.1. The SMILES string of the molecule is C=CC(=O)N1[C@H](C)CN(c2ncc3ncnc(Nc4ccc(Oc5ccn6ncnc6c5)c(C)c4)c3n2)C[C@@H]1C. The Kier molecular flexibility index (Phi) is 6.42. The van der Waals surface area contributed by atoms with Crippen molar-refractivity contribution in [3.8, 4) is 11.5 Å². The van der Waals surface area contributed by atoms with Crippen LogP contribution in [0.15, 0.2) is 68.0 Å². The second-order valence-electron chi connectivity index (χ2n) is 9.81. The molecule has 0 radical (unpaired) electrons. The van der Waals surface area contributed by atoms with Crippen LogP contribution in [0.5, 0.6) is 11.5 Å². The molecule has 0 aliphatic carbocycles. The van der Waals surface area contributed by atoms with Gasteiger partial charge in [-0.3, -0.25) is 4.79 Å². The van der Waals surface area contributed by atoms with E-state index >= 15 is 0 Å². The summed E-state index contributed by atoms with van der Waals surface area (Å²) >= 11 is 0. The maximum atomic E-state index is 12.3. The van der Waals surface area contributed by atoms with Crippen molar-refractivity contribution in [2.24, 2.45) is 0 Å². The maximum absolute atomic E-state index is 12.3. The number of amides is 1. The molecule has 2 atom stereocenters. The van der Waals surface area contributed by atoms with Crippen LogP contribution in [0.3, 0.4) is 0 Å². The minimum atomic E-state index is -0.0675. The summed E-state index contributed by atoms with van der Waals surface area (Å²) in [6, 6.07) is 9.47. The summed E-state index contributed by atoms with van der Waals surface area (Å²) in [7, 11) is 0. The third-order valence-electron chi connectivity index (χ3n) is 6.91. The largest absolute Gasteiger partial charge is 0.457 e. The molecule has 1 aliphatic rings. The van der Waals surface area contributed by atoms with Gasteiger partial charge in [-0.25, -0.2) is 29.4 Å². The highest BCUT2D eigenvalue weighted by molar-refractivity contribution is 5.88. The summed E-state index contributed by atoms with van der Waals surface area (Å²) in [4.78, 5) is 38.7. The Labute approximate surface area is 230 Å². The topological polar surface area (TPSA) is 127 Å². The molecule has 0 bridgehead atoms. The van der Waals surface area contributed by atoms with Gasteiger partial charge in [0.15, 0.2) is 11.5 Å². The van der Waals surface area contributed by atoms with Crippen LogP contribution in [0.25, 0.3) is 16.7 Å². The average molecular weight is 537 g/mol. The average Bonchev–Trinajstić information content (AvgIpc) is 3.42. The molecule has 1 N–H and O–H groups in total. The highest BCUT2D eigenvalue weighted by Crippen LogP contribution is 2.30. The van der Waals surface area contributed by atoms with Crippen molar-refractivity contribution in [3.63, 3.8) is 0 Å². The van der Waals surface area contributed by atoms with Gasteiger partial charge in [0.05, 0.1) is 6.20 Å². The molecule has 12 heteroatoms. The number of fused-ring (bicyclic) bond motifs is 2. The Hall–Kier alpha value is -5.13. The number of aryl methyl sites for hydroxylation is 1. The Bertz CT molecular complexity index is 1720. The first-order valence-electron chi connectivity index (χ1n) is 12.9. The fraction of sp³-hybridized carbons (Fsp3) is 0.250. The van der Waals surface area contributed by atoms with Gasteiger partial charge in [0.1, 0.15) is 35.2 Å². The maximum Gasteiger partial charge on any atom is 0.246 e. The van der Waals surface area contributed by atoms with Crippen LogP contribution >= 0.6 is 0 Å². The van der Waals surface area contributed by atoms with E-state index in [1.807, 2.05) is 56.0 Å². The molecule has 0 spiro atoms. The first-order valence-corrected chi connectivity index (χ1v) is 12.9. The fourth-order valence-corrected chi connectivity index (χ4v) is 5.08. The smallest absolute Gasteiger partial charge is 0.246 e. The number of rotatable bonds is 6. The van der Waals surface area contributed by atoms with E-state index < -0.39 is 0 Å². The van der Waals surface area contributed by atoms with Gasteiger partial charge in [-0.15, -0.1) is 0 Å². The van der Waals surface area contributed by atoms with E-state index in [0.29, 0.717) is 47.3 Å². The van der Waals surface area contributed by atoms with E-state index in [4.69, 9.17) is 9.72 Å². The van der Waals surface area contributed by atoms with E-state index in [9.17, 15) is 4.79 Å². The number of nitrogens with zero attached hydrogens (tertiary/aromatic N) is 9. The van der Waals surface area contributed by atoms with Crippen LogP contribution in [0.4, 0.5) is 17.5 Å². The first kappa shape index (κ1) is 25.2. The number of hydrogen-bond donors (Lipinski definition) is 1. The van der Waals surface area contributed by atoms with Crippen molar-refractivity contribution in [2.45, 2.75) is 32.9 Å². The molecule has 5 aromatic rings. The quantitative estimate of drug-likeness (QED) is 0.319. The fourth-order valence-electron chi connectivity index (χ4n) is 5.08. The molecule has 0 saturated carbocycles. The second-order valence-corrected chi connectivity index (χ2v) is 9.81. The number of pyridine rings is 1. The zero-order valence-electron chi connectivity index (χ0n) is 22.4. The molecule has 12 nitrogen and oxygen atoms in total. The van der Waals surface area contributed by atoms with Gasteiger partial charge in [-0.2, -0.15) is 5.10 Å². The number of piperazine rings is 1. The lowest BCUT2D eigenvalue weighted by molar-refractivity contribution is -0.130. The predicted octanol–water partition coefficient (Wildman–Crippen LogP) is 3.92. The molecule has 4 aromatic heterocycles. The zero-order valence-corrected chi connectivity index (χ0v) is 22.4. The highest BCUT2D eigenvalue weighted by Gasteiger charge is 2.33. The molecule has 1 aliphatic heterocycles. The lowest BCUT2D eigenvalue weighted by Crippen LogP contribution is -2.58. The standard InChI is InChI=1S/C28H28N10O2/c1-5-25(39)38-18(3)13-36(14-19(38)4)28-29-12-22-26(35-28)27(32-15-30-22)34-20-6-7-23(17(2)10-20)40-21-8-9-37-24(11-21)31-16-33-37/h5-12,15-16,18-19H,1,13-14H2,2-4H3,(H,30,32,34)/t18-,19+. The predicted molar refractivity (Wildman–Crippen MR) is 151 cm³/mol. The molecule has 1 fully saturated rings. The van der Waals surface area contributed by atoms with Crippen molar-refractivity contribution < 1.29 is 9.53 Å². The van der Waals surface area contributed by atoms with Crippen LogP contribution in [0.1, 0.15) is 19.4 Å². The minimum absolute atomic E-state index is 0.0137. The van der Waals surface area contributed by atoms with Crippen LogP contribution in [0.2, 0.25) is 0 Å². The van der Waals surface area contributed by atoms with Gasteiger partial charge in [0.2, 0.25) is 11.9 Å². The van der Waals surface area contributed by atoms with Gasteiger partial charge < -0.3 is 19.9 Å². The van der Waals surface area contributed by atoms with Crippen LogP contribution in [0, 0.1) is 6.92 Å². The van der Waals surface area contributed by atoms with Crippen molar-refractivity contribution in [2.75, 3.05) is 23.3 Å². The van der Waals surface area contributed by atoms with E-state index in [0.717, 1.165) is 17.0 Å². The molecule has 1 amide bonds. The van der Waals surface area contributed by atoms with Crippen LogP contribution < -0.4 is 15.0 Å². The molecular weight excluding hydrogens is 508 g/mol. The monoisotopic (exact) mass is 536 g/mol. The molecule has 6 rings (SSSR count). The summed E-state index contributed by atoms with van der Waals surface area (Å²) in [5.41, 5.74) is 3.72. The lowest BCUT2D eigenvalue weighted by Gasteiger charge is -2.44. The summed E-state index contributed by atoms with van der Waals surface area (Å²) < 4.78 is 7.78. The summed E-state index contributed by atoms with van der Waals surface area (Å²) in [6.45, 7) is 10.9. The third-order valence-corrected chi connectivity index (χ3v) is 6.91. The van der Waals surface area contributed by atoms with Crippen LogP contribution in [-0.4, -0.2) is 70.5 Å². The number of ether oxygens (including phenoxy) is 1. The molecule has 0 unspecified atom stereocenters. The number of carbonyl (C=O) groups is 1. The van der Waals surface area contributed by atoms with Gasteiger partial charge in [0.25, 0.3) is 0 Å². The van der Waals surface area contributed by atoms with Gasteiger partial charge in [0, 0.05) is 43.1 Å². The zero-order chi connectivity index (χ0) is 27.8. The number of anilines is 3. The van der Waals surface area contributed by atoms with Crippen molar-refractivity contribution in [1.29, 1.82) is 0 Å². The number of nitrogens with one attached hydrogen (secondary N) is 1. The van der Waals surface area contributed by atoms with Gasteiger partial charge in [-0.1, -0.05) is 6.58 Å². The summed E-state index contributed by atoms with van der Waals surface area (Å²) in [5, 5.41) is 7.49. The first-order chi connectivity index (χ1) is 19.4. The number of aromatic nitrogens is 7. The van der Waals surface area contributed by atoms with Gasteiger partial charge in [-0.05, 0) is 56.7 Å². The number of hydrogen-bond acceptors (Lipinski definition) is 10. The van der Waals surface area contributed by atoms with Crippen molar-refractivity contribution in [3.05, 3.63) is 73.6 Å². The Morgan fingerprint density at radius 2 is 1.90 bits per heavy atom.